The molecule has 1 saturated heterocycles. The van der Waals surface area contributed by atoms with Crippen LogP contribution in [0.1, 0.15) is 64.0 Å². The Morgan fingerprint density at radius 1 is 0.448 bits per heavy atom. The zero-order valence-electron chi connectivity index (χ0n) is 77.6. The van der Waals surface area contributed by atoms with Gasteiger partial charge in [0.05, 0.1) is 77.4 Å². The number of amidine groups is 4. The molecule has 0 spiro atoms. The van der Waals surface area contributed by atoms with Crippen molar-refractivity contribution in [1.29, 1.82) is 0 Å². The summed E-state index contributed by atoms with van der Waals surface area (Å²) in [5.41, 5.74) is 18.7. The summed E-state index contributed by atoms with van der Waals surface area (Å²) in [5, 5.41) is 80.2. The van der Waals surface area contributed by atoms with Crippen molar-refractivity contribution in [3.05, 3.63) is 231 Å². The number of ether oxygens (including phenoxy) is 1. The van der Waals surface area contributed by atoms with Crippen LogP contribution in [0.3, 0.4) is 0 Å². The van der Waals surface area contributed by atoms with E-state index in [1.54, 1.807) is 150 Å². The number of azo groups is 4. The molecule has 0 amide bonds. The Morgan fingerprint density at radius 2 is 0.909 bits per heavy atom. The number of sulfone groups is 6. The van der Waals surface area contributed by atoms with Crippen LogP contribution in [-0.2, 0) is 76.7 Å². The lowest BCUT2D eigenvalue weighted by molar-refractivity contribution is 0.0346. The van der Waals surface area contributed by atoms with Gasteiger partial charge in [0.1, 0.15) is 5.52 Å². The fourth-order valence-electron chi connectivity index (χ4n) is 16.4. The van der Waals surface area contributed by atoms with E-state index in [0.29, 0.717) is 84.6 Å². The zero-order chi connectivity index (χ0) is 101. The molecule has 16 aromatic rings. The standard InChI is InChI=1S/C18H20N4O3S2.C15H16N6O2S.2C15H12N6O2S.C14H16N6O2S.C13H12N4O2S2/c1-27(23,24)16-4-2-3-15(17(16)18-19-12-20-21-18)13-9-14(26-11-13)10-22-5-7-25-8-6-22;2*1-24(22,23)13-6-2-4-10(14(13)15-16-9-17-20-15)11-8-19-21-12(11)5-3-7-18-21;1-24(22,23)11-4-2-3-9(12(11)14-19-8-20-21-14)10-7-18-15-13(10)16-5-6-17-15;1-9(2)20-11(7-8-15-20)10-5-4-6-12(23(3,21)22)13(10)14-16-18-19-17-14;1-8-9(6-7-20-8)10-4-3-5-11(21(2,18)19)12(10)13-14-16-17-15-13/h2-4,9,11H,5-8,10,12H2,1H3;2,4,6,8,18H,3,5,7,9H2,1H3;2-8H,9H2,1H3;2-7H,8H2,1H3,(H,17,18);4-9H,1-3H3,(H,16,17,18,19);3-7H,1-2H3,(H,14,15,16,17). The second-order valence-corrected chi connectivity index (χ2v) is 46.8. The second-order valence-electron chi connectivity index (χ2n) is 32.8. The van der Waals surface area contributed by atoms with Gasteiger partial charge in [-0.25, -0.2) is 75.5 Å². The van der Waals surface area contributed by atoms with Crippen LogP contribution in [0.2, 0.25) is 0 Å². The van der Waals surface area contributed by atoms with Gasteiger partial charge in [-0.15, -0.1) is 63.5 Å². The molecule has 0 aliphatic carbocycles. The van der Waals surface area contributed by atoms with E-state index in [-0.39, 0.29) is 73.7 Å². The van der Waals surface area contributed by atoms with E-state index in [9.17, 15) is 50.5 Å². The Bertz CT molecular complexity index is 8390. The number of rotatable bonds is 21. The third-order valence-electron chi connectivity index (χ3n) is 22.6. The highest BCUT2D eigenvalue weighted by atomic mass is 32.2. The maximum absolute atomic E-state index is 12.3. The molecular formula is C90H88N32O13S8. The number of aromatic amines is 3. The summed E-state index contributed by atoms with van der Waals surface area (Å²) in [4.78, 5) is 36.1. The topological polar surface area (TPSA) is 594 Å². The first-order valence-electron chi connectivity index (χ1n) is 43.6. The lowest BCUT2D eigenvalue weighted by Crippen LogP contribution is -2.35. The lowest BCUT2D eigenvalue weighted by Gasteiger charge is -2.25. The van der Waals surface area contributed by atoms with Crippen LogP contribution in [-0.4, -0.2) is 267 Å². The quantitative estimate of drug-likeness (QED) is 0.0519. The molecule has 143 heavy (non-hydrogen) atoms. The normalized spacial score (nSPS) is 14.6. The molecule has 6 aromatic carbocycles. The molecular weight excluding hydrogens is 1990 g/mol. The van der Waals surface area contributed by atoms with Crippen molar-refractivity contribution in [1.82, 2.24) is 95.6 Å². The summed E-state index contributed by atoms with van der Waals surface area (Å²) in [6.07, 6.45) is 20.6. The number of tetrazole rings is 2. The van der Waals surface area contributed by atoms with E-state index in [2.05, 4.69) is 159 Å². The van der Waals surface area contributed by atoms with Crippen LogP contribution in [0.25, 0.3) is 106 Å². The van der Waals surface area contributed by atoms with Crippen molar-refractivity contribution in [3.63, 3.8) is 0 Å². The maximum Gasteiger partial charge on any atom is 0.206 e. The summed E-state index contributed by atoms with van der Waals surface area (Å²) in [6.45, 7) is 12.0. The molecule has 6 aliphatic rings. The number of hydrogen-bond acceptors (Lipinski definition) is 41. The predicted molar refractivity (Wildman–Crippen MR) is 536 cm³/mol. The Morgan fingerprint density at radius 3 is 1.38 bits per heavy atom. The highest BCUT2D eigenvalue weighted by Gasteiger charge is 2.33. The summed E-state index contributed by atoms with van der Waals surface area (Å²) in [5.74, 6) is 1.87. The SMILES string of the molecule is CC(C)n1nccc1-c1cccc(S(C)(=O)=O)c1-c1nn[nH]n1.CS(=O)(=O)c1cccc(-c2c[nH]c3nccnc23)c1C1=NCN=N1.CS(=O)(=O)c1cccc(-c2cnn3c2CCCN3)c1C1=NCN=N1.CS(=O)(=O)c1cccc(-c2cnn3ncccc23)c1C1=NCN=N1.CS(=O)(=O)c1cccc(-c2csc(CN3CCOCC3)c2)c1C1=NCN=N1.Cc1sccc1-c1cccc(S(C)(=O)=O)c1-c1nn[nH]n1. The number of hydrogen-bond donors (Lipinski definition) is 4. The smallest absolute Gasteiger partial charge is 0.206 e. The van der Waals surface area contributed by atoms with Crippen molar-refractivity contribution >= 4 is 122 Å². The monoisotopic (exact) mass is 2080 g/mol. The minimum Gasteiger partial charge on any atom is -0.379 e. The number of aliphatic imine (C=N–C) groups is 4. The van der Waals surface area contributed by atoms with E-state index >= 15 is 0 Å². The third kappa shape index (κ3) is 22.1. The molecule has 0 unspecified atom stereocenters. The molecule has 0 bridgehead atoms. The van der Waals surface area contributed by atoms with E-state index in [0.717, 1.165) is 131 Å². The van der Waals surface area contributed by atoms with Crippen molar-refractivity contribution in [2.24, 2.45) is 60.9 Å². The molecule has 4 N–H and O–H groups in total. The molecule has 53 heteroatoms. The number of benzene rings is 6. The second kappa shape index (κ2) is 42.1. The average Bonchev–Trinajstić information content (AvgIpc) is 1.67. The molecule has 1 fully saturated rings. The van der Waals surface area contributed by atoms with Gasteiger partial charge in [-0.3, -0.25) is 14.6 Å². The van der Waals surface area contributed by atoms with Crippen LogP contribution >= 0.6 is 22.7 Å². The van der Waals surface area contributed by atoms with Gasteiger partial charge in [0.25, 0.3) is 0 Å². The molecule has 0 radical (unpaired) electrons. The first kappa shape index (κ1) is 99.6. The fraction of sp³-hybridized carbons (Fsp3) is 0.244. The number of morpholine rings is 1. The van der Waals surface area contributed by atoms with Crippen molar-refractivity contribution in [2.75, 3.05) is 102 Å². The van der Waals surface area contributed by atoms with E-state index in [1.165, 1.54) is 34.5 Å². The summed E-state index contributed by atoms with van der Waals surface area (Å²) in [6, 6.07) is 40.6. The number of nitrogens with one attached hydrogen (secondary N) is 4. The zero-order valence-corrected chi connectivity index (χ0v) is 84.2. The van der Waals surface area contributed by atoms with Crippen LogP contribution in [0, 0.1) is 6.92 Å². The molecule has 0 saturated carbocycles. The molecule has 16 heterocycles. The van der Waals surface area contributed by atoms with E-state index in [1.807, 2.05) is 85.4 Å². The first-order chi connectivity index (χ1) is 68.6. The van der Waals surface area contributed by atoms with Crippen molar-refractivity contribution in [3.8, 4) is 89.7 Å². The van der Waals surface area contributed by atoms with Gasteiger partial charge in [-0.2, -0.15) is 60.7 Å². The van der Waals surface area contributed by atoms with Crippen molar-refractivity contribution < 1.29 is 55.2 Å². The van der Waals surface area contributed by atoms with Crippen LogP contribution < -0.4 is 5.43 Å². The first-order valence-corrected chi connectivity index (χ1v) is 56.7. The number of thiophene rings is 2. The maximum atomic E-state index is 12.3. The van der Waals surface area contributed by atoms with Gasteiger partial charge in [-0.1, -0.05) is 72.8 Å². The van der Waals surface area contributed by atoms with Crippen LogP contribution in [0.15, 0.2) is 284 Å². The Balaban J connectivity index is 0.000000118. The molecule has 0 atom stereocenters. The number of aryl methyl sites for hydroxylation is 1. The fourth-order valence-corrected chi connectivity index (χ4v) is 23.5. The highest BCUT2D eigenvalue weighted by molar-refractivity contribution is 7.92. The van der Waals surface area contributed by atoms with E-state index < -0.39 is 59.0 Å². The average molecular weight is 2080 g/mol. The Labute approximate surface area is 826 Å². The molecule has 22 rings (SSSR count). The number of aromatic nitrogens is 18. The van der Waals surface area contributed by atoms with Crippen LogP contribution in [0.4, 0.5) is 0 Å². The third-order valence-corrected chi connectivity index (χ3v) is 31.2. The number of fused-ring (bicyclic) bond motifs is 3. The van der Waals surface area contributed by atoms with Gasteiger partial charge < -0.3 is 15.1 Å². The van der Waals surface area contributed by atoms with Gasteiger partial charge in [0, 0.05) is 161 Å². The molecule has 6 aliphatic heterocycles. The predicted octanol–water partition coefficient (Wildman–Crippen LogP) is 12.6. The van der Waals surface area contributed by atoms with Gasteiger partial charge in [0.2, 0.25) is 11.6 Å². The summed E-state index contributed by atoms with van der Waals surface area (Å²) < 4.78 is 155. The number of H-pyrrole nitrogens is 3. The minimum atomic E-state index is -3.47. The molecule has 734 valence electrons. The van der Waals surface area contributed by atoms with E-state index in [4.69, 9.17) is 4.74 Å². The summed E-state index contributed by atoms with van der Waals surface area (Å²) >= 11 is 3.28. The lowest BCUT2D eigenvalue weighted by atomic mass is 9.97. The van der Waals surface area contributed by atoms with Gasteiger partial charge in [-0.05, 0) is 160 Å². The van der Waals surface area contributed by atoms with Gasteiger partial charge in [0.15, 0.2) is 115 Å². The molecule has 45 nitrogen and oxygen atoms in total. The minimum absolute atomic E-state index is 0.125. The van der Waals surface area contributed by atoms with Gasteiger partial charge >= 0.3 is 0 Å². The van der Waals surface area contributed by atoms with Crippen LogP contribution in [0.5, 0.6) is 0 Å². The Kier molecular flexibility index (Phi) is 29.3. The summed E-state index contributed by atoms with van der Waals surface area (Å²) in [7, 11) is -20.6. The number of nitrogens with zero attached hydrogens (tertiary/aromatic N) is 28. The Hall–Kier alpha value is -15.0. The largest absolute Gasteiger partial charge is 0.379 e. The van der Waals surface area contributed by atoms with Crippen molar-refractivity contribution in [2.45, 2.75) is 75.6 Å². The highest BCUT2D eigenvalue weighted by Crippen LogP contribution is 2.43. The molecule has 10 aromatic heterocycles.